The molecule has 3 aromatic rings. The Kier molecular flexibility index (Phi) is 5.76. The number of rotatable bonds is 7. The largest absolute Gasteiger partial charge is 0.494 e. The van der Waals surface area contributed by atoms with Gasteiger partial charge in [0.2, 0.25) is 0 Å². The first kappa shape index (κ1) is 18.5. The molecule has 0 radical (unpaired) electrons. The molecule has 140 valence electrons. The number of aromatic nitrogens is 1. The number of hydrogen-bond donors (Lipinski definition) is 1. The zero-order valence-corrected chi connectivity index (χ0v) is 15.7. The van der Waals surface area contributed by atoms with E-state index in [4.69, 9.17) is 9.15 Å². The number of anilines is 2. The van der Waals surface area contributed by atoms with Crippen molar-refractivity contribution in [2.24, 2.45) is 0 Å². The van der Waals surface area contributed by atoms with Gasteiger partial charge in [0.1, 0.15) is 23.1 Å². The molecule has 0 saturated carbocycles. The molecule has 0 aliphatic rings. The van der Waals surface area contributed by atoms with E-state index in [2.05, 4.69) is 10.3 Å². The molecule has 0 saturated heterocycles. The van der Waals surface area contributed by atoms with E-state index >= 15 is 0 Å². The second-order valence-corrected chi connectivity index (χ2v) is 6.16. The topological polar surface area (TPSA) is 67.6 Å². The van der Waals surface area contributed by atoms with Gasteiger partial charge < -0.3 is 19.4 Å². The van der Waals surface area contributed by atoms with Crippen LogP contribution in [-0.2, 0) is 6.54 Å². The van der Waals surface area contributed by atoms with Gasteiger partial charge in [-0.2, -0.15) is 0 Å². The predicted octanol–water partition coefficient (Wildman–Crippen LogP) is 4.40. The van der Waals surface area contributed by atoms with Gasteiger partial charge in [-0.1, -0.05) is 0 Å². The third kappa shape index (κ3) is 4.67. The summed E-state index contributed by atoms with van der Waals surface area (Å²) in [7, 11) is 1.74. The van der Waals surface area contributed by atoms with Gasteiger partial charge in [-0.05, 0) is 62.4 Å². The zero-order valence-electron chi connectivity index (χ0n) is 15.7. The number of hydrogen-bond acceptors (Lipinski definition) is 5. The summed E-state index contributed by atoms with van der Waals surface area (Å²) in [6, 6.07) is 14.8. The lowest BCUT2D eigenvalue weighted by Crippen LogP contribution is -2.27. The van der Waals surface area contributed by atoms with Crippen molar-refractivity contribution in [3.8, 4) is 5.75 Å². The predicted molar refractivity (Wildman–Crippen MR) is 104 cm³/mol. The maximum atomic E-state index is 12.9. The average Bonchev–Trinajstić information content (AvgIpc) is 3.08. The molecule has 1 aromatic carbocycles. The highest BCUT2D eigenvalue weighted by Crippen LogP contribution is 2.22. The summed E-state index contributed by atoms with van der Waals surface area (Å²) in [6.07, 6.45) is 1.66. The molecule has 0 spiro atoms. The fraction of sp³-hybridized carbons (Fsp3) is 0.238. The lowest BCUT2D eigenvalue weighted by atomic mass is 10.2. The Morgan fingerprint density at radius 3 is 2.63 bits per heavy atom. The van der Waals surface area contributed by atoms with Crippen LogP contribution in [0.2, 0.25) is 0 Å². The maximum absolute atomic E-state index is 12.9. The van der Waals surface area contributed by atoms with Crippen molar-refractivity contribution in [1.82, 2.24) is 9.88 Å². The fourth-order valence-electron chi connectivity index (χ4n) is 2.70. The lowest BCUT2D eigenvalue weighted by molar-refractivity contribution is 0.0775. The Bertz CT molecular complexity index is 903. The SMILES string of the molecule is CCOc1ccc(Nc2ncccc2C(=O)N(C)Cc2ccc(C)o2)cc1. The van der Waals surface area contributed by atoms with Gasteiger partial charge in [-0.25, -0.2) is 4.98 Å². The minimum Gasteiger partial charge on any atom is -0.494 e. The smallest absolute Gasteiger partial charge is 0.257 e. The van der Waals surface area contributed by atoms with Crippen LogP contribution in [0.1, 0.15) is 28.8 Å². The van der Waals surface area contributed by atoms with Crippen LogP contribution in [-0.4, -0.2) is 29.4 Å². The van der Waals surface area contributed by atoms with E-state index < -0.39 is 0 Å². The fourth-order valence-corrected chi connectivity index (χ4v) is 2.70. The first-order valence-electron chi connectivity index (χ1n) is 8.82. The van der Waals surface area contributed by atoms with Crippen LogP contribution in [0.5, 0.6) is 5.75 Å². The molecule has 0 aliphatic heterocycles. The molecule has 6 heteroatoms. The van der Waals surface area contributed by atoms with Gasteiger partial charge in [-0.3, -0.25) is 4.79 Å². The third-order valence-electron chi connectivity index (χ3n) is 4.00. The Labute approximate surface area is 158 Å². The number of carbonyl (C=O) groups excluding carboxylic acids is 1. The lowest BCUT2D eigenvalue weighted by Gasteiger charge is -2.18. The average molecular weight is 365 g/mol. The second kappa shape index (κ2) is 8.40. The molecule has 27 heavy (non-hydrogen) atoms. The van der Waals surface area contributed by atoms with E-state index in [0.717, 1.165) is 23.0 Å². The van der Waals surface area contributed by atoms with Crippen molar-refractivity contribution in [3.05, 3.63) is 71.8 Å². The molecule has 0 unspecified atom stereocenters. The van der Waals surface area contributed by atoms with E-state index in [1.165, 1.54) is 0 Å². The number of furan rings is 1. The van der Waals surface area contributed by atoms with Gasteiger partial charge in [0, 0.05) is 18.9 Å². The minimum atomic E-state index is -0.134. The third-order valence-corrected chi connectivity index (χ3v) is 4.00. The molecule has 1 N–H and O–H groups in total. The van der Waals surface area contributed by atoms with Gasteiger partial charge in [-0.15, -0.1) is 0 Å². The van der Waals surface area contributed by atoms with Crippen molar-refractivity contribution in [3.63, 3.8) is 0 Å². The van der Waals surface area contributed by atoms with Crippen molar-refractivity contribution in [2.45, 2.75) is 20.4 Å². The first-order valence-corrected chi connectivity index (χ1v) is 8.82. The summed E-state index contributed by atoms with van der Waals surface area (Å²) in [4.78, 5) is 18.8. The number of amides is 1. The van der Waals surface area contributed by atoms with Gasteiger partial charge in [0.05, 0.1) is 18.7 Å². The molecule has 0 aliphatic carbocycles. The highest BCUT2D eigenvalue weighted by atomic mass is 16.5. The van der Waals surface area contributed by atoms with Crippen LogP contribution in [0.3, 0.4) is 0 Å². The molecule has 2 aromatic heterocycles. The number of nitrogens with zero attached hydrogens (tertiary/aromatic N) is 2. The molecule has 6 nitrogen and oxygen atoms in total. The molecule has 3 rings (SSSR count). The number of benzene rings is 1. The standard InChI is InChI=1S/C21H23N3O3/c1-4-26-17-11-8-16(9-12-17)23-20-19(6-5-13-22-20)21(25)24(3)14-18-10-7-15(2)27-18/h5-13H,4,14H2,1-3H3,(H,22,23). The van der Waals surface area contributed by atoms with Crippen LogP contribution in [0, 0.1) is 6.92 Å². The second-order valence-electron chi connectivity index (χ2n) is 6.16. The maximum Gasteiger partial charge on any atom is 0.257 e. The van der Waals surface area contributed by atoms with E-state index in [1.807, 2.05) is 50.2 Å². The van der Waals surface area contributed by atoms with Crippen LogP contribution < -0.4 is 10.1 Å². The number of aryl methyl sites for hydroxylation is 1. The quantitative estimate of drug-likeness (QED) is 0.672. The number of ether oxygens (including phenoxy) is 1. The van der Waals surface area contributed by atoms with Crippen LogP contribution >= 0.6 is 0 Å². The Balaban J connectivity index is 1.75. The first-order chi connectivity index (χ1) is 13.1. The number of pyridine rings is 1. The minimum absolute atomic E-state index is 0.134. The van der Waals surface area contributed by atoms with Gasteiger partial charge >= 0.3 is 0 Å². The highest BCUT2D eigenvalue weighted by molar-refractivity contribution is 5.99. The van der Waals surface area contributed by atoms with Crippen LogP contribution in [0.25, 0.3) is 0 Å². The van der Waals surface area contributed by atoms with Gasteiger partial charge in [0.25, 0.3) is 5.91 Å². The summed E-state index contributed by atoms with van der Waals surface area (Å²) in [5.41, 5.74) is 1.33. The molecule has 1 amide bonds. The Morgan fingerprint density at radius 2 is 1.96 bits per heavy atom. The van der Waals surface area contributed by atoms with E-state index in [9.17, 15) is 4.79 Å². The van der Waals surface area contributed by atoms with Crippen molar-refractivity contribution in [2.75, 3.05) is 19.0 Å². The molecule has 0 atom stereocenters. The van der Waals surface area contributed by atoms with E-state index in [1.54, 1.807) is 30.3 Å². The van der Waals surface area contributed by atoms with Crippen LogP contribution in [0.4, 0.5) is 11.5 Å². The molecular formula is C21H23N3O3. The normalized spacial score (nSPS) is 10.5. The van der Waals surface area contributed by atoms with Gasteiger partial charge in [0.15, 0.2) is 0 Å². The summed E-state index contributed by atoms with van der Waals surface area (Å²) in [6.45, 7) is 4.83. The highest BCUT2D eigenvalue weighted by Gasteiger charge is 2.18. The summed E-state index contributed by atoms with van der Waals surface area (Å²) in [5, 5.41) is 3.21. The summed E-state index contributed by atoms with van der Waals surface area (Å²) in [5.74, 6) is 2.74. The molecular weight excluding hydrogens is 342 g/mol. The molecule has 2 heterocycles. The van der Waals surface area contributed by atoms with Crippen LogP contribution in [0.15, 0.2) is 59.1 Å². The molecule has 0 fully saturated rings. The molecule has 0 bridgehead atoms. The monoisotopic (exact) mass is 365 g/mol. The van der Waals surface area contributed by atoms with Crippen molar-refractivity contribution < 1.29 is 13.9 Å². The number of carbonyl (C=O) groups is 1. The van der Waals surface area contributed by atoms with E-state index in [0.29, 0.717) is 24.5 Å². The van der Waals surface area contributed by atoms with E-state index in [-0.39, 0.29) is 5.91 Å². The Morgan fingerprint density at radius 1 is 1.19 bits per heavy atom. The summed E-state index contributed by atoms with van der Waals surface area (Å²) >= 11 is 0. The Hall–Kier alpha value is -3.28. The number of nitrogens with one attached hydrogen (secondary N) is 1. The van der Waals surface area contributed by atoms with Crippen molar-refractivity contribution >= 4 is 17.4 Å². The summed E-state index contributed by atoms with van der Waals surface area (Å²) < 4.78 is 11.0. The zero-order chi connectivity index (χ0) is 19.2. The van der Waals surface area contributed by atoms with Crippen molar-refractivity contribution in [1.29, 1.82) is 0 Å².